The van der Waals surface area contributed by atoms with Crippen molar-refractivity contribution in [3.8, 4) is 0 Å². The van der Waals surface area contributed by atoms with Crippen molar-refractivity contribution in [3.05, 3.63) is 12.4 Å². The zero-order valence-corrected chi connectivity index (χ0v) is 13.4. The van der Waals surface area contributed by atoms with E-state index in [4.69, 9.17) is 0 Å². The molecule has 2 aliphatic rings. The first-order chi connectivity index (χ1) is 9.17. The van der Waals surface area contributed by atoms with Crippen molar-refractivity contribution < 1.29 is 8.42 Å². The Morgan fingerprint density at radius 3 is 2.55 bits per heavy atom. The molecule has 1 N–H and O–H groups in total. The third-order valence-electron chi connectivity index (χ3n) is 6.08. The average molecular weight is 297 g/mol. The molecule has 3 rings (SSSR count). The van der Waals surface area contributed by atoms with E-state index in [0.717, 1.165) is 12.8 Å². The van der Waals surface area contributed by atoms with Crippen molar-refractivity contribution in [2.24, 2.45) is 23.8 Å². The summed E-state index contributed by atoms with van der Waals surface area (Å²) in [6.45, 7) is 6.79. The Hall–Kier alpha value is -0.880. The molecule has 1 aromatic rings. The zero-order valence-electron chi connectivity index (χ0n) is 12.5. The lowest BCUT2D eigenvalue weighted by atomic mass is 9.69. The number of hydrogen-bond donors (Lipinski definition) is 1. The van der Waals surface area contributed by atoms with Crippen LogP contribution in [0.4, 0.5) is 0 Å². The minimum absolute atomic E-state index is 0.0291. The molecule has 0 saturated heterocycles. The molecule has 3 unspecified atom stereocenters. The van der Waals surface area contributed by atoms with Gasteiger partial charge < -0.3 is 0 Å². The molecule has 2 saturated carbocycles. The van der Waals surface area contributed by atoms with Gasteiger partial charge in [0.2, 0.25) is 10.0 Å². The molecule has 3 atom stereocenters. The van der Waals surface area contributed by atoms with Crippen LogP contribution >= 0.6 is 0 Å². The second-order valence-corrected chi connectivity index (χ2v) is 8.85. The quantitative estimate of drug-likeness (QED) is 0.927. The van der Waals surface area contributed by atoms with Crippen LogP contribution < -0.4 is 4.72 Å². The van der Waals surface area contributed by atoms with Crippen molar-refractivity contribution in [2.75, 3.05) is 0 Å². The van der Waals surface area contributed by atoms with Crippen LogP contribution in [0.2, 0.25) is 0 Å². The van der Waals surface area contributed by atoms with Crippen LogP contribution in [0.3, 0.4) is 0 Å². The van der Waals surface area contributed by atoms with Crippen molar-refractivity contribution in [1.29, 1.82) is 0 Å². The standard InChI is InChI=1S/C14H23N3O2S/c1-13(2)10-5-6-14(13,3)12(7-10)16-20(18,19)11-8-15-17(4)9-11/h8-10,12,16H,5-7H2,1-4H3. The third-order valence-corrected chi connectivity index (χ3v) is 7.51. The molecule has 0 radical (unpaired) electrons. The smallest absolute Gasteiger partial charge is 0.243 e. The maximum absolute atomic E-state index is 12.5. The monoisotopic (exact) mass is 297 g/mol. The summed E-state index contributed by atoms with van der Waals surface area (Å²) in [5.74, 6) is 0.620. The van der Waals surface area contributed by atoms with Crippen LogP contribution in [0.5, 0.6) is 0 Å². The minimum atomic E-state index is -3.47. The zero-order chi connectivity index (χ0) is 14.8. The second kappa shape index (κ2) is 4.07. The van der Waals surface area contributed by atoms with Gasteiger partial charge in [-0.05, 0) is 36.0 Å². The highest BCUT2D eigenvalue weighted by molar-refractivity contribution is 7.89. The summed E-state index contributed by atoms with van der Waals surface area (Å²) in [7, 11) is -1.74. The largest absolute Gasteiger partial charge is 0.274 e. The molecule has 2 aliphatic carbocycles. The molecule has 5 nitrogen and oxygen atoms in total. The summed E-state index contributed by atoms with van der Waals surface area (Å²) in [4.78, 5) is 0.254. The molecule has 2 fully saturated rings. The van der Waals surface area contributed by atoms with Gasteiger partial charge in [0.15, 0.2) is 0 Å². The predicted molar refractivity (Wildman–Crippen MR) is 76.5 cm³/mol. The Morgan fingerprint density at radius 2 is 2.10 bits per heavy atom. The Balaban J connectivity index is 1.87. The van der Waals surface area contributed by atoms with E-state index in [2.05, 4.69) is 30.6 Å². The first-order valence-electron chi connectivity index (χ1n) is 7.18. The summed E-state index contributed by atoms with van der Waals surface area (Å²) in [5.41, 5.74) is 0.252. The van der Waals surface area contributed by atoms with Crippen LogP contribution in [0.15, 0.2) is 17.3 Å². The summed E-state index contributed by atoms with van der Waals surface area (Å²) in [6.07, 6.45) is 6.22. The minimum Gasteiger partial charge on any atom is -0.274 e. The second-order valence-electron chi connectivity index (χ2n) is 7.13. The molecule has 0 aromatic carbocycles. The Kier molecular flexibility index (Phi) is 2.86. The Bertz CT molecular complexity index is 635. The number of hydrogen-bond acceptors (Lipinski definition) is 3. The number of fused-ring (bicyclic) bond motifs is 2. The molecule has 1 aromatic heterocycles. The number of nitrogens with zero attached hydrogens (tertiary/aromatic N) is 2. The van der Waals surface area contributed by atoms with Crippen LogP contribution in [0.1, 0.15) is 40.0 Å². The molecular weight excluding hydrogens is 274 g/mol. The lowest BCUT2D eigenvalue weighted by molar-refractivity contribution is 0.130. The van der Waals surface area contributed by atoms with Crippen LogP contribution in [-0.4, -0.2) is 24.2 Å². The van der Waals surface area contributed by atoms with Crippen LogP contribution in [-0.2, 0) is 17.1 Å². The van der Waals surface area contributed by atoms with Gasteiger partial charge in [0.25, 0.3) is 0 Å². The van der Waals surface area contributed by atoms with Gasteiger partial charge in [0.05, 0.1) is 6.20 Å². The highest BCUT2D eigenvalue weighted by atomic mass is 32.2. The normalized spacial score (nSPS) is 35.6. The van der Waals surface area contributed by atoms with Gasteiger partial charge in [-0.2, -0.15) is 5.10 Å². The van der Waals surface area contributed by atoms with E-state index >= 15 is 0 Å². The number of aromatic nitrogens is 2. The van der Waals surface area contributed by atoms with Gasteiger partial charge in [-0.3, -0.25) is 4.68 Å². The van der Waals surface area contributed by atoms with Gasteiger partial charge in [0.1, 0.15) is 4.90 Å². The number of aryl methyl sites for hydroxylation is 1. The molecule has 1 heterocycles. The van der Waals surface area contributed by atoms with Crippen molar-refractivity contribution >= 4 is 10.0 Å². The summed E-state index contributed by atoms with van der Waals surface area (Å²) >= 11 is 0. The van der Waals surface area contributed by atoms with E-state index in [0.29, 0.717) is 5.92 Å². The molecule has 0 spiro atoms. The Morgan fingerprint density at radius 1 is 1.40 bits per heavy atom. The summed E-state index contributed by atoms with van der Waals surface area (Å²) in [5, 5.41) is 3.95. The number of nitrogens with one attached hydrogen (secondary N) is 1. The van der Waals surface area contributed by atoms with E-state index in [9.17, 15) is 8.42 Å². The lowest BCUT2D eigenvalue weighted by Crippen LogP contribution is -2.46. The van der Waals surface area contributed by atoms with Crippen LogP contribution in [0, 0.1) is 16.7 Å². The fourth-order valence-corrected chi connectivity index (χ4v) is 5.52. The van der Waals surface area contributed by atoms with Crippen molar-refractivity contribution in [3.63, 3.8) is 0 Å². The van der Waals surface area contributed by atoms with E-state index in [1.54, 1.807) is 13.2 Å². The molecule has 2 bridgehead atoms. The Labute approximate surface area is 120 Å². The van der Waals surface area contributed by atoms with Crippen LogP contribution in [0.25, 0.3) is 0 Å². The molecule has 0 aliphatic heterocycles. The molecule has 6 heteroatoms. The molecular formula is C14H23N3O2S. The molecule has 20 heavy (non-hydrogen) atoms. The predicted octanol–water partition coefficient (Wildman–Crippen LogP) is 1.91. The van der Waals surface area contributed by atoms with Crippen molar-refractivity contribution in [2.45, 2.75) is 51.0 Å². The topological polar surface area (TPSA) is 64.0 Å². The lowest BCUT2D eigenvalue weighted by Gasteiger charge is -2.39. The number of sulfonamides is 1. The van der Waals surface area contributed by atoms with Gasteiger partial charge in [-0.25, -0.2) is 13.1 Å². The molecule has 112 valence electrons. The summed E-state index contributed by atoms with van der Waals surface area (Å²) < 4.78 is 29.4. The van der Waals surface area contributed by atoms with E-state index in [1.807, 2.05) is 0 Å². The SMILES string of the molecule is Cn1cc(S(=O)(=O)NC2CC3CCC2(C)C3(C)C)cn1. The van der Waals surface area contributed by atoms with Gasteiger partial charge in [-0.15, -0.1) is 0 Å². The van der Waals surface area contributed by atoms with E-state index < -0.39 is 10.0 Å². The maximum atomic E-state index is 12.5. The van der Waals surface area contributed by atoms with Gasteiger partial charge in [0, 0.05) is 19.3 Å². The van der Waals surface area contributed by atoms with Gasteiger partial charge in [-0.1, -0.05) is 20.8 Å². The number of rotatable bonds is 3. The fourth-order valence-electron chi connectivity index (χ4n) is 4.17. The van der Waals surface area contributed by atoms with E-state index in [-0.39, 0.29) is 21.8 Å². The summed E-state index contributed by atoms with van der Waals surface area (Å²) in [6, 6.07) is 0.0291. The first-order valence-corrected chi connectivity index (χ1v) is 8.66. The van der Waals surface area contributed by atoms with Crippen molar-refractivity contribution in [1.82, 2.24) is 14.5 Å². The average Bonchev–Trinajstić information content (AvgIpc) is 2.91. The van der Waals surface area contributed by atoms with Gasteiger partial charge >= 0.3 is 0 Å². The third kappa shape index (κ3) is 1.77. The fraction of sp³-hybridized carbons (Fsp3) is 0.786. The van der Waals surface area contributed by atoms with E-state index in [1.165, 1.54) is 17.3 Å². The maximum Gasteiger partial charge on any atom is 0.243 e. The molecule has 0 amide bonds. The first kappa shape index (κ1) is 14.1. The highest BCUT2D eigenvalue weighted by Crippen LogP contribution is 2.65. The highest BCUT2D eigenvalue weighted by Gasteiger charge is 2.61.